The summed E-state index contributed by atoms with van der Waals surface area (Å²) in [6, 6.07) is 0.183. The molecule has 1 aromatic heterocycles. The van der Waals surface area contributed by atoms with Gasteiger partial charge >= 0.3 is 0 Å². The van der Waals surface area contributed by atoms with E-state index in [9.17, 15) is 9.59 Å². The largest absolute Gasteiger partial charge is 0.354 e. The lowest BCUT2D eigenvalue weighted by molar-refractivity contribution is -0.121. The fourth-order valence-corrected chi connectivity index (χ4v) is 1.77. The summed E-state index contributed by atoms with van der Waals surface area (Å²) >= 11 is 0. The van der Waals surface area contributed by atoms with Gasteiger partial charge in [-0.3, -0.25) is 14.3 Å². The number of ketones is 1. The first-order valence-electron chi connectivity index (χ1n) is 7.14. The summed E-state index contributed by atoms with van der Waals surface area (Å²) < 4.78 is 1.66. The van der Waals surface area contributed by atoms with Crippen molar-refractivity contribution in [1.29, 1.82) is 0 Å². The lowest BCUT2D eigenvalue weighted by Gasteiger charge is -2.07. The van der Waals surface area contributed by atoms with Gasteiger partial charge in [0.05, 0.1) is 6.20 Å². The van der Waals surface area contributed by atoms with Crippen molar-refractivity contribution in [3.8, 4) is 0 Å². The Morgan fingerprint density at radius 1 is 1.25 bits per heavy atom. The third kappa shape index (κ3) is 5.50. The third-order valence-corrected chi connectivity index (χ3v) is 2.81. The maximum atomic E-state index is 11.7. The molecule has 0 radical (unpaired) electrons. The molecule has 0 aliphatic carbocycles. The smallest absolute Gasteiger partial charge is 0.220 e. The highest BCUT2D eigenvalue weighted by Gasteiger charge is 2.14. The van der Waals surface area contributed by atoms with Crippen LogP contribution >= 0.6 is 0 Å². The summed E-state index contributed by atoms with van der Waals surface area (Å²) in [6.07, 6.45) is 3.83. The van der Waals surface area contributed by atoms with Gasteiger partial charge in [0, 0.05) is 24.9 Å². The van der Waals surface area contributed by atoms with Crippen LogP contribution in [0.2, 0.25) is 0 Å². The van der Waals surface area contributed by atoms with Crippen LogP contribution in [-0.2, 0) is 11.3 Å². The number of aromatic nitrogens is 3. The Morgan fingerprint density at radius 3 is 2.55 bits per heavy atom. The number of rotatable bonds is 8. The van der Waals surface area contributed by atoms with E-state index in [0.29, 0.717) is 18.7 Å². The average molecular weight is 280 g/mol. The molecule has 0 saturated carbocycles. The Hall–Kier alpha value is -1.72. The highest BCUT2D eigenvalue weighted by Crippen LogP contribution is 2.05. The number of aryl methyl sites for hydroxylation is 1. The molecule has 6 nitrogen and oxygen atoms in total. The minimum Gasteiger partial charge on any atom is -0.354 e. The second kappa shape index (κ2) is 7.77. The highest BCUT2D eigenvalue weighted by molar-refractivity contribution is 5.95. The quantitative estimate of drug-likeness (QED) is 0.582. The molecule has 1 aromatic rings. The fraction of sp³-hybridized carbons (Fsp3) is 0.714. The highest BCUT2D eigenvalue weighted by atomic mass is 16.1. The molecule has 0 spiro atoms. The zero-order valence-corrected chi connectivity index (χ0v) is 12.7. The minimum atomic E-state index is -0.0696. The van der Waals surface area contributed by atoms with Crippen molar-refractivity contribution in [3.63, 3.8) is 0 Å². The Kier molecular flexibility index (Phi) is 6.35. The number of hydrogen-bond donors (Lipinski definition) is 1. The first-order valence-corrected chi connectivity index (χ1v) is 7.14. The van der Waals surface area contributed by atoms with Gasteiger partial charge in [0.15, 0.2) is 5.78 Å². The van der Waals surface area contributed by atoms with Gasteiger partial charge in [0.25, 0.3) is 0 Å². The topological polar surface area (TPSA) is 76.9 Å². The van der Waals surface area contributed by atoms with Crippen LogP contribution < -0.4 is 5.32 Å². The van der Waals surface area contributed by atoms with Crippen LogP contribution in [-0.4, -0.2) is 32.7 Å². The van der Waals surface area contributed by atoms with E-state index in [2.05, 4.69) is 15.6 Å². The maximum Gasteiger partial charge on any atom is 0.220 e. The standard InChI is InChI=1S/C14H24N4O2/c1-10(2)14(20)12-9-18(17-16-12)8-6-5-7-13(19)15-11(3)4/h9-11H,5-8H2,1-4H3,(H,15,19). The molecule has 0 fully saturated rings. The number of hydrogen-bond acceptors (Lipinski definition) is 4. The van der Waals surface area contributed by atoms with Crippen LogP contribution in [0, 0.1) is 5.92 Å². The molecular weight excluding hydrogens is 256 g/mol. The van der Waals surface area contributed by atoms with Crippen LogP contribution in [0.1, 0.15) is 57.4 Å². The molecular formula is C14H24N4O2. The Bertz CT molecular complexity index is 452. The minimum absolute atomic E-state index is 0.00700. The molecule has 6 heteroatoms. The summed E-state index contributed by atoms with van der Waals surface area (Å²) in [5.74, 6) is 0.0155. The number of amides is 1. The molecule has 0 unspecified atom stereocenters. The second-order valence-electron chi connectivity index (χ2n) is 5.57. The van der Waals surface area contributed by atoms with Crippen molar-refractivity contribution in [2.75, 3.05) is 0 Å². The van der Waals surface area contributed by atoms with Gasteiger partial charge < -0.3 is 5.32 Å². The van der Waals surface area contributed by atoms with E-state index in [0.717, 1.165) is 12.8 Å². The Balaban J connectivity index is 2.29. The fourth-order valence-electron chi connectivity index (χ4n) is 1.77. The van der Waals surface area contributed by atoms with Gasteiger partial charge in [0.2, 0.25) is 5.91 Å². The molecule has 1 heterocycles. The molecule has 0 aromatic carbocycles. The zero-order valence-electron chi connectivity index (χ0n) is 12.7. The van der Waals surface area contributed by atoms with Crippen molar-refractivity contribution < 1.29 is 9.59 Å². The third-order valence-electron chi connectivity index (χ3n) is 2.81. The predicted molar refractivity (Wildman–Crippen MR) is 76.3 cm³/mol. The van der Waals surface area contributed by atoms with Gasteiger partial charge in [-0.2, -0.15) is 0 Å². The molecule has 20 heavy (non-hydrogen) atoms. The molecule has 1 amide bonds. The van der Waals surface area contributed by atoms with Crippen LogP contribution in [0.5, 0.6) is 0 Å². The normalized spacial score (nSPS) is 11.1. The number of carbonyl (C=O) groups is 2. The SMILES string of the molecule is CC(C)NC(=O)CCCCn1cc(C(=O)C(C)C)nn1. The summed E-state index contributed by atoms with van der Waals surface area (Å²) in [5.41, 5.74) is 0.414. The Morgan fingerprint density at radius 2 is 1.95 bits per heavy atom. The van der Waals surface area contributed by atoms with E-state index in [1.165, 1.54) is 0 Å². The lowest BCUT2D eigenvalue weighted by atomic mass is 10.1. The van der Waals surface area contributed by atoms with E-state index in [-0.39, 0.29) is 23.7 Å². The van der Waals surface area contributed by atoms with Crippen LogP contribution in [0.15, 0.2) is 6.20 Å². The number of nitrogens with one attached hydrogen (secondary N) is 1. The Labute approximate surface area is 119 Å². The zero-order chi connectivity index (χ0) is 15.1. The van der Waals surface area contributed by atoms with Gasteiger partial charge in [-0.05, 0) is 26.7 Å². The van der Waals surface area contributed by atoms with Crippen LogP contribution in [0.25, 0.3) is 0 Å². The van der Waals surface area contributed by atoms with Gasteiger partial charge in [0.1, 0.15) is 5.69 Å². The van der Waals surface area contributed by atoms with Crippen molar-refractivity contribution in [3.05, 3.63) is 11.9 Å². The van der Waals surface area contributed by atoms with E-state index in [4.69, 9.17) is 0 Å². The maximum absolute atomic E-state index is 11.7. The number of Topliss-reactive ketones (excluding diaryl/α,β-unsaturated/α-hetero) is 1. The summed E-state index contributed by atoms with van der Waals surface area (Å²) in [6.45, 7) is 8.25. The summed E-state index contributed by atoms with van der Waals surface area (Å²) in [7, 11) is 0. The predicted octanol–water partition coefficient (Wildman–Crippen LogP) is 1.81. The first kappa shape index (κ1) is 16.3. The molecule has 0 saturated heterocycles. The van der Waals surface area contributed by atoms with Crippen molar-refractivity contribution >= 4 is 11.7 Å². The average Bonchev–Trinajstić information content (AvgIpc) is 2.81. The molecule has 0 aliphatic rings. The number of unbranched alkanes of at least 4 members (excludes halogenated alkanes) is 1. The van der Waals surface area contributed by atoms with Crippen LogP contribution in [0.3, 0.4) is 0 Å². The monoisotopic (exact) mass is 280 g/mol. The summed E-state index contributed by atoms with van der Waals surface area (Å²) in [5, 5.41) is 10.7. The van der Waals surface area contributed by atoms with Gasteiger partial charge in [-0.15, -0.1) is 5.10 Å². The number of nitrogens with zero attached hydrogens (tertiary/aromatic N) is 3. The van der Waals surface area contributed by atoms with Crippen molar-refractivity contribution in [1.82, 2.24) is 20.3 Å². The van der Waals surface area contributed by atoms with E-state index in [1.807, 2.05) is 27.7 Å². The molecule has 112 valence electrons. The van der Waals surface area contributed by atoms with Crippen molar-refractivity contribution in [2.45, 2.75) is 59.5 Å². The van der Waals surface area contributed by atoms with Gasteiger partial charge in [-0.25, -0.2) is 0 Å². The van der Waals surface area contributed by atoms with Crippen LogP contribution in [0.4, 0.5) is 0 Å². The molecule has 0 aliphatic heterocycles. The first-order chi connectivity index (χ1) is 9.40. The van der Waals surface area contributed by atoms with Crippen molar-refractivity contribution in [2.24, 2.45) is 5.92 Å². The van der Waals surface area contributed by atoms with Gasteiger partial charge in [-0.1, -0.05) is 19.1 Å². The number of carbonyl (C=O) groups excluding carboxylic acids is 2. The molecule has 1 N–H and O–H groups in total. The molecule has 1 rings (SSSR count). The van der Waals surface area contributed by atoms with E-state index < -0.39 is 0 Å². The van der Waals surface area contributed by atoms with E-state index >= 15 is 0 Å². The molecule has 0 atom stereocenters. The van der Waals surface area contributed by atoms with E-state index in [1.54, 1.807) is 10.9 Å². The molecule has 0 bridgehead atoms. The lowest BCUT2D eigenvalue weighted by Crippen LogP contribution is -2.29. The summed E-state index contributed by atoms with van der Waals surface area (Å²) in [4.78, 5) is 23.2. The second-order valence-corrected chi connectivity index (χ2v) is 5.57.